The first-order chi connectivity index (χ1) is 9.11. The van der Waals surface area contributed by atoms with Gasteiger partial charge in [-0.3, -0.25) is 4.79 Å². The van der Waals surface area contributed by atoms with E-state index in [0.29, 0.717) is 11.6 Å². The number of hydrogen-bond acceptors (Lipinski definition) is 6. The summed E-state index contributed by atoms with van der Waals surface area (Å²) in [5, 5.41) is 10.5. The summed E-state index contributed by atoms with van der Waals surface area (Å²) in [6, 6.07) is 3.11. The fourth-order valence-electron chi connectivity index (χ4n) is 1.39. The number of nitrogens with one attached hydrogen (secondary N) is 2. The van der Waals surface area contributed by atoms with Crippen molar-refractivity contribution in [3.05, 3.63) is 35.0 Å². The summed E-state index contributed by atoms with van der Waals surface area (Å²) in [6.45, 7) is 0.230. The minimum atomic E-state index is -0.412. The molecule has 2 rings (SSSR count). The third-order valence-electron chi connectivity index (χ3n) is 2.42. The maximum Gasteiger partial charge on any atom is 0.271 e. The van der Waals surface area contributed by atoms with Crippen molar-refractivity contribution in [3.8, 4) is 0 Å². The molecule has 4 N–H and O–H groups in total. The van der Waals surface area contributed by atoms with Crippen LogP contribution in [0.3, 0.4) is 0 Å². The highest BCUT2D eigenvalue weighted by atomic mass is 35.5. The summed E-state index contributed by atoms with van der Waals surface area (Å²) in [5.74, 6) is 5.80. The number of anilines is 1. The lowest BCUT2D eigenvalue weighted by atomic mass is 10.3. The summed E-state index contributed by atoms with van der Waals surface area (Å²) in [5.41, 5.74) is 2.45. The molecule has 0 fully saturated rings. The molecule has 0 spiro atoms. The van der Waals surface area contributed by atoms with E-state index in [9.17, 15) is 4.79 Å². The third kappa shape index (κ3) is 2.98. The summed E-state index contributed by atoms with van der Waals surface area (Å²) in [4.78, 5) is 15.9. The Labute approximate surface area is 114 Å². The minimum Gasteiger partial charge on any atom is -0.343 e. The molecule has 0 saturated heterocycles. The van der Waals surface area contributed by atoms with Gasteiger partial charge in [-0.15, -0.1) is 10.2 Å². The highest BCUT2D eigenvalue weighted by Gasteiger charge is 2.13. The molecule has 0 bridgehead atoms. The van der Waals surface area contributed by atoms with Crippen molar-refractivity contribution in [1.29, 1.82) is 0 Å². The maximum atomic E-state index is 12.0. The molecule has 1 amide bonds. The highest BCUT2D eigenvalue weighted by Crippen LogP contribution is 2.16. The van der Waals surface area contributed by atoms with E-state index >= 15 is 0 Å². The van der Waals surface area contributed by atoms with Crippen molar-refractivity contribution in [1.82, 2.24) is 25.1 Å². The molecule has 0 aromatic carbocycles. The third-order valence-corrected chi connectivity index (χ3v) is 2.73. The van der Waals surface area contributed by atoms with Gasteiger partial charge in [0.1, 0.15) is 17.8 Å². The molecule has 2 aromatic rings. The highest BCUT2D eigenvalue weighted by molar-refractivity contribution is 6.33. The minimum absolute atomic E-state index is 0.0966. The fraction of sp³-hybridized carbons (Fsp3) is 0.200. The molecule has 2 aromatic heterocycles. The van der Waals surface area contributed by atoms with Gasteiger partial charge in [-0.2, -0.15) is 0 Å². The zero-order valence-electron chi connectivity index (χ0n) is 10.1. The predicted octanol–water partition coefficient (Wildman–Crippen LogP) is 0.0791. The summed E-state index contributed by atoms with van der Waals surface area (Å²) in [6.07, 6.45) is 1.55. The van der Waals surface area contributed by atoms with Gasteiger partial charge in [0.2, 0.25) is 0 Å². The van der Waals surface area contributed by atoms with E-state index in [1.165, 1.54) is 0 Å². The Kier molecular flexibility index (Phi) is 3.93. The normalized spacial score (nSPS) is 10.3. The number of halogens is 1. The molecular weight excluding hydrogens is 270 g/mol. The molecule has 9 heteroatoms. The Hall–Kier alpha value is -2.19. The van der Waals surface area contributed by atoms with E-state index in [1.54, 1.807) is 30.1 Å². The average Bonchev–Trinajstić information content (AvgIpc) is 2.82. The number of aryl methyl sites for hydroxylation is 1. The standard InChI is InChI=1S/C10H12ClN7O/c1-18-5-14-17-8(18)4-13-10(19)9-6(11)2-3-7(15-9)16-12/h2-3,5H,4,12H2,1H3,(H,13,19)(H,15,16). The molecule has 0 aliphatic rings. The lowest BCUT2D eigenvalue weighted by molar-refractivity contribution is 0.0945. The van der Waals surface area contributed by atoms with E-state index in [2.05, 4.69) is 25.9 Å². The SMILES string of the molecule is Cn1cnnc1CNC(=O)c1nc(NN)ccc1Cl. The van der Waals surface area contributed by atoms with E-state index in [0.717, 1.165) is 0 Å². The van der Waals surface area contributed by atoms with Crippen molar-refractivity contribution < 1.29 is 4.79 Å². The van der Waals surface area contributed by atoms with Crippen LogP contribution in [-0.4, -0.2) is 25.7 Å². The van der Waals surface area contributed by atoms with E-state index < -0.39 is 5.91 Å². The van der Waals surface area contributed by atoms with Crippen molar-refractivity contribution in [2.75, 3.05) is 5.43 Å². The van der Waals surface area contributed by atoms with E-state index in [-0.39, 0.29) is 17.3 Å². The number of aromatic nitrogens is 4. The Morgan fingerprint density at radius 1 is 1.53 bits per heavy atom. The number of nitrogens with zero attached hydrogens (tertiary/aromatic N) is 4. The number of nitrogens with two attached hydrogens (primary N) is 1. The second-order valence-electron chi connectivity index (χ2n) is 3.71. The van der Waals surface area contributed by atoms with Crippen LogP contribution in [0.5, 0.6) is 0 Å². The smallest absolute Gasteiger partial charge is 0.271 e. The number of amides is 1. The zero-order chi connectivity index (χ0) is 13.8. The van der Waals surface area contributed by atoms with Crippen molar-refractivity contribution in [3.63, 3.8) is 0 Å². The van der Waals surface area contributed by atoms with E-state index in [1.807, 2.05) is 0 Å². The molecule has 19 heavy (non-hydrogen) atoms. The van der Waals surface area contributed by atoms with Gasteiger partial charge in [0.25, 0.3) is 5.91 Å². The first-order valence-corrected chi connectivity index (χ1v) is 5.74. The second kappa shape index (κ2) is 5.63. The van der Waals surface area contributed by atoms with Gasteiger partial charge in [0, 0.05) is 7.05 Å². The Bertz CT molecular complexity index is 597. The molecule has 0 aliphatic heterocycles. The number of hydrogen-bond donors (Lipinski definition) is 3. The predicted molar refractivity (Wildman–Crippen MR) is 69.2 cm³/mol. The molecule has 100 valence electrons. The van der Waals surface area contributed by atoms with Crippen LogP contribution >= 0.6 is 11.6 Å². The van der Waals surface area contributed by atoms with Crippen LogP contribution in [0.1, 0.15) is 16.3 Å². The Morgan fingerprint density at radius 2 is 2.32 bits per heavy atom. The Balaban J connectivity index is 2.10. The van der Waals surface area contributed by atoms with Crippen LogP contribution in [0.2, 0.25) is 5.02 Å². The summed E-state index contributed by atoms with van der Waals surface area (Å²) >= 11 is 5.91. The molecule has 2 heterocycles. The lowest BCUT2D eigenvalue weighted by Gasteiger charge is -2.07. The monoisotopic (exact) mass is 281 g/mol. The zero-order valence-corrected chi connectivity index (χ0v) is 10.8. The van der Waals surface area contributed by atoms with Gasteiger partial charge in [-0.25, -0.2) is 10.8 Å². The number of pyridine rings is 1. The summed E-state index contributed by atoms with van der Waals surface area (Å²) < 4.78 is 1.70. The molecule has 8 nitrogen and oxygen atoms in total. The van der Waals surface area contributed by atoms with Gasteiger partial charge in [-0.05, 0) is 12.1 Å². The van der Waals surface area contributed by atoms with Gasteiger partial charge >= 0.3 is 0 Å². The lowest BCUT2D eigenvalue weighted by Crippen LogP contribution is -2.26. The Morgan fingerprint density at radius 3 is 2.95 bits per heavy atom. The van der Waals surface area contributed by atoms with Crippen LogP contribution in [0.15, 0.2) is 18.5 Å². The fourth-order valence-corrected chi connectivity index (χ4v) is 1.58. The van der Waals surface area contributed by atoms with Gasteiger partial charge in [0.05, 0.1) is 11.6 Å². The number of rotatable bonds is 4. The first-order valence-electron chi connectivity index (χ1n) is 5.36. The quantitative estimate of drug-likeness (QED) is 0.541. The van der Waals surface area contributed by atoms with Gasteiger partial charge in [0.15, 0.2) is 5.82 Å². The molecule has 0 atom stereocenters. The van der Waals surface area contributed by atoms with Crippen molar-refractivity contribution >= 4 is 23.3 Å². The van der Waals surface area contributed by atoms with Crippen LogP contribution in [0, 0.1) is 0 Å². The first kappa shape index (κ1) is 13.2. The number of hydrazine groups is 1. The van der Waals surface area contributed by atoms with E-state index in [4.69, 9.17) is 17.4 Å². The van der Waals surface area contributed by atoms with Crippen LogP contribution in [0.4, 0.5) is 5.82 Å². The second-order valence-corrected chi connectivity index (χ2v) is 4.12. The van der Waals surface area contributed by atoms with Crippen molar-refractivity contribution in [2.45, 2.75) is 6.54 Å². The van der Waals surface area contributed by atoms with Gasteiger partial charge < -0.3 is 15.3 Å². The van der Waals surface area contributed by atoms with Crippen LogP contribution in [0.25, 0.3) is 0 Å². The largest absolute Gasteiger partial charge is 0.343 e. The van der Waals surface area contributed by atoms with Gasteiger partial charge in [-0.1, -0.05) is 11.6 Å². The number of carbonyl (C=O) groups is 1. The molecule has 0 aliphatic carbocycles. The molecule has 0 unspecified atom stereocenters. The topological polar surface area (TPSA) is 111 Å². The average molecular weight is 282 g/mol. The van der Waals surface area contributed by atoms with Crippen LogP contribution < -0.4 is 16.6 Å². The maximum absolute atomic E-state index is 12.0. The molecule has 0 radical (unpaired) electrons. The number of carbonyl (C=O) groups excluding carboxylic acids is 1. The van der Waals surface area contributed by atoms with Crippen molar-refractivity contribution in [2.24, 2.45) is 12.9 Å². The molecular formula is C10H12ClN7O. The molecule has 0 saturated carbocycles. The summed E-state index contributed by atoms with van der Waals surface area (Å²) in [7, 11) is 1.78. The number of nitrogen functional groups attached to an aromatic ring is 1. The van der Waals surface area contributed by atoms with Crippen LogP contribution in [-0.2, 0) is 13.6 Å².